The zero-order valence-corrected chi connectivity index (χ0v) is 26.9. The van der Waals surface area contributed by atoms with E-state index in [2.05, 4.69) is 96.2 Å². The van der Waals surface area contributed by atoms with Gasteiger partial charge in [0.25, 0.3) is 0 Å². The van der Waals surface area contributed by atoms with Crippen molar-refractivity contribution < 1.29 is 4.42 Å². The second kappa shape index (κ2) is 10.3. The molecule has 0 spiro atoms. The summed E-state index contributed by atoms with van der Waals surface area (Å²) in [5.74, 6) is 1.86. The number of aromatic nitrogens is 5. The van der Waals surface area contributed by atoms with Crippen molar-refractivity contribution in [2.24, 2.45) is 0 Å². The topological polar surface area (TPSA) is 69.6 Å². The van der Waals surface area contributed by atoms with Crippen LogP contribution in [0, 0.1) is 0 Å². The molecule has 49 heavy (non-hydrogen) atoms. The van der Waals surface area contributed by atoms with E-state index in [1.807, 2.05) is 60.7 Å². The van der Waals surface area contributed by atoms with Crippen molar-refractivity contribution in [1.29, 1.82) is 0 Å². The summed E-state index contributed by atoms with van der Waals surface area (Å²) in [5, 5.41) is 2.28. The molecule has 6 heteroatoms. The predicted octanol–water partition coefficient (Wildman–Crippen LogP) is 10.4. The van der Waals surface area contributed by atoms with Crippen LogP contribution in [0.1, 0.15) is 25.0 Å². The molecule has 0 aliphatic heterocycles. The summed E-state index contributed by atoms with van der Waals surface area (Å²) in [4.78, 5) is 19.5. The summed E-state index contributed by atoms with van der Waals surface area (Å²) in [5.41, 5.74) is 12.8. The first-order chi connectivity index (χ1) is 24.0. The Morgan fingerprint density at radius 1 is 0.551 bits per heavy atom. The standard InChI is InChI=1S/C43H29N5O/c1-43(2)33-20-21-35-39(49-25-44-35)38(33)31-19-17-29(24-34(31)43)28-18-22-37-32(23-28)30-15-9-10-16-36(30)48(37)42-46-40(26-11-5-3-6-12-26)45-41(47-42)27-13-7-4-8-14-27/h3-25H,1-2H3. The number of hydrogen-bond acceptors (Lipinski definition) is 5. The Morgan fingerprint density at radius 3 is 1.96 bits per heavy atom. The molecule has 0 bridgehead atoms. The normalized spacial score (nSPS) is 13.3. The van der Waals surface area contributed by atoms with Crippen LogP contribution >= 0.6 is 0 Å². The third-order valence-electron chi connectivity index (χ3n) is 10.0. The van der Waals surface area contributed by atoms with Gasteiger partial charge in [0.2, 0.25) is 5.95 Å². The minimum atomic E-state index is -0.173. The Bertz CT molecular complexity index is 2680. The summed E-state index contributed by atoms with van der Waals surface area (Å²) in [6.45, 7) is 4.59. The zero-order valence-electron chi connectivity index (χ0n) is 26.9. The Balaban J connectivity index is 1.16. The molecule has 9 aromatic rings. The maximum atomic E-state index is 5.89. The summed E-state index contributed by atoms with van der Waals surface area (Å²) >= 11 is 0. The Kier molecular flexibility index (Phi) is 5.82. The number of nitrogens with zero attached hydrogens (tertiary/aromatic N) is 5. The van der Waals surface area contributed by atoms with Gasteiger partial charge in [0, 0.05) is 32.9 Å². The molecule has 6 aromatic carbocycles. The molecule has 3 aromatic heterocycles. The molecule has 10 rings (SSSR count). The van der Waals surface area contributed by atoms with Crippen molar-refractivity contribution in [1.82, 2.24) is 24.5 Å². The van der Waals surface area contributed by atoms with Crippen LogP contribution in [-0.4, -0.2) is 24.5 Å². The lowest BCUT2D eigenvalue weighted by Crippen LogP contribution is -2.14. The number of benzene rings is 6. The lowest BCUT2D eigenvalue weighted by atomic mass is 9.81. The highest BCUT2D eigenvalue weighted by molar-refractivity contribution is 6.10. The van der Waals surface area contributed by atoms with Crippen molar-refractivity contribution in [2.75, 3.05) is 0 Å². The van der Waals surface area contributed by atoms with Gasteiger partial charge in [-0.2, -0.15) is 9.97 Å². The molecule has 1 aliphatic rings. The second-order valence-corrected chi connectivity index (χ2v) is 13.2. The number of fused-ring (bicyclic) bond motifs is 8. The molecule has 0 atom stereocenters. The van der Waals surface area contributed by atoms with E-state index in [1.54, 1.807) is 0 Å². The smallest absolute Gasteiger partial charge is 0.238 e. The Morgan fingerprint density at radius 2 is 1.20 bits per heavy atom. The van der Waals surface area contributed by atoms with Gasteiger partial charge in [-0.3, -0.25) is 4.57 Å². The van der Waals surface area contributed by atoms with E-state index in [0.717, 1.165) is 55.2 Å². The monoisotopic (exact) mass is 631 g/mol. The minimum Gasteiger partial charge on any atom is -0.443 e. The SMILES string of the molecule is CC1(C)c2cc(-c3ccc4c(c3)c3ccccc3n4-c3nc(-c4ccccc4)nc(-c4ccccc4)n3)ccc2-c2c1ccc1ncoc21. The van der Waals surface area contributed by atoms with Crippen LogP contribution in [0.2, 0.25) is 0 Å². The van der Waals surface area contributed by atoms with Crippen LogP contribution in [0.3, 0.4) is 0 Å². The summed E-state index contributed by atoms with van der Waals surface area (Å²) in [7, 11) is 0. The Hall–Kier alpha value is -6.40. The van der Waals surface area contributed by atoms with Crippen LogP contribution in [-0.2, 0) is 5.41 Å². The van der Waals surface area contributed by atoms with Gasteiger partial charge >= 0.3 is 0 Å². The second-order valence-electron chi connectivity index (χ2n) is 13.2. The summed E-state index contributed by atoms with van der Waals surface area (Å²) in [6.07, 6.45) is 1.54. The fourth-order valence-corrected chi connectivity index (χ4v) is 7.59. The molecule has 0 fully saturated rings. The molecular weight excluding hydrogens is 603 g/mol. The minimum absolute atomic E-state index is 0.173. The molecule has 0 saturated heterocycles. The van der Waals surface area contributed by atoms with Gasteiger partial charge in [-0.1, -0.05) is 117 Å². The number of oxazole rings is 1. The first-order valence-electron chi connectivity index (χ1n) is 16.5. The molecule has 0 amide bonds. The van der Waals surface area contributed by atoms with E-state index < -0.39 is 0 Å². The molecule has 6 nitrogen and oxygen atoms in total. The average molecular weight is 632 g/mol. The van der Waals surface area contributed by atoms with Gasteiger partial charge in [-0.15, -0.1) is 0 Å². The van der Waals surface area contributed by atoms with Crippen molar-refractivity contribution >= 4 is 32.9 Å². The first kappa shape index (κ1) is 27.7. The molecule has 0 N–H and O–H groups in total. The van der Waals surface area contributed by atoms with E-state index >= 15 is 0 Å². The highest BCUT2D eigenvalue weighted by atomic mass is 16.3. The maximum Gasteiger partial charge on any atom is 0.238 e. The largest absolute Gasteiger partial charge is 0.443 e. The summed E-state index contributed by atoms with van der Waals surface area (Å²) < 4.78 is 8.06. The molecule has 0 radical (unpaired) electrons. The number of para-hydroxylation sites is 1. The van der Waals surface area contributed by atoms with E-state index in [0.29, 0.717) is 17.6 Å². The lowest BCUT2D eigenvalue weighted by molar-refractivity contribution is 0.601. The van der Waals surface area contributed by atoms with E-state index in [-0.39, 0.29) is 5.41 Å². The third-order valence-corrected chi connectivity index (χ3v) is 10.0. The fourth-order valence-electron chi connectivity index (χ4n) is 7.59. The fraction of sp³-hybridized carbons (Fsp3) is 0.0698. The molecule has 0 saturated carbocycles. The molecule has 232 valence electrons. The van der Waals surface area contributed by atoms with Gasteiger partial charge in [0.1, 0.15) is 5.52 Å². The van der Waals surface area contributed by atoms with Crippen LogP contribution < -0.4 is 0 Å². The molecule has 1 aliphatic carbocycles. The quantitative estimate of drug-likeness (QED) is 0.193. The highest BCUT2D eigenvalue weighted by Crippen LogP contribution is 2.52. The van der Waals surface area contributed by atoms with E-state index in [1.165, 1.54) is 28.6 Å². The maximum absolute atomic E-state index is 5.89. The number of hydrogen-bond donors (Lipinski definition) is 0. The van der Waals surface area contributed by atoms with Crippen LogP contribution in [0.5, 0.6) is 0 Å². The van der Waals surface area contributed by atoms with E-state index in [4.69, 9.17) is 19.4 Å². The van der Waals surface area contributed by atoms with Crippen LogP contribution in [0.4, 0.5) is 0 Å². The molecule has 0 unspecified atom stereocenters. The summed E-state index contributed by atoms with van der Waals surface area (Å²) in [6, 6.07) is 46.5. The Labute approximate surface area is 282 Å². The first-order valence-corrected chi connectivity index (χ1v) is 16.5. The molecular formula is C43H29N5O. The highest BCUT2D eigenvalue weighted by Gasteiger charge is 2.37. The van der Waals surface area contributed by atoms with Crippen LogP contribution in [0.15, 0.2) is 144 Å². The van der Waals surface area contributed by atoms with Crippen molar-refractivity contribution in [3.63, 3.8) is 0 Å². The lowest BCUT2D eigenvalue weighted by Gasteiger charge is -2.22. The van der Waals surface area contributed by atoms with Gasteiger partial charge in [0.05, 0.1) is 11.0 Å². The van der Waals surface area contributed by atoms with Crippen molar-refractivity contribution in [3.05, 3.63) is 151 Å². The van der Waals surface area contributed by atoms with Gasteiger partial charge in [-0.05, 0) is 58.1 Å². The van der Waals surface area contributed by atoms with Gasteiger partial charge in [-0.25, -0.2) is 9.97 Å². The third kappa shape index (κ3) is 4.14. The van der Waals surface area contributed by atoms with Gasteiger partial charge in [0.15, 0.2) is 23.6 Å². The van der Waals surface area contributed by atoms with Gasteiger partial charge < -0.3 is 4.42 Å². The van der Waals surface area contributed by atoms with Crippen LogP contribution in [0.25, 0.3) is 83.9 Å². The zero-order chi connectivity index (χ0) is 32.7. The average Bonchev–Trinajstić information content (AvgIpc) is 3.83. The van der Waals surface area contributed by atoms with Crippen molar-refractivity contribution in [3.8, 4) is 51.0 Å². The van der Waals surface area contributed by atoms with E-state index in [9.17, 15) is 0 Å². The molecule has 3 heterocycles. The van der Waals surface area contributed by atoms with Crippen molar-refractivity contribution in [2.45, 2.75) is 19.3 Å². The predicted molar refractivity (Wildman–Crippen MR) is 196 cm³/mol. The number of rotatable bonds is 4.